The highest BCUT2D eigenvalue weighted by molar-refractivity contribution is 5.67. The van der Waals surface area contributed by atoms with Gasteiger partial charge >= 0.3 is 0 Å². The second kappa shape index (κ2) is 3.48. The van der Waals surface area contributed by atoms with Crippen LogP contribution in [0.2, 0.25) is 0 Å². The first-order valence-corrected chi connectivity index (χ1v) is 5.55. The predicted molar refractivity (Wildman–Crippen MR) is 56.0 cm³/mol. The average molecular weight is 248 g/mol. The van der Waals surface area contributed by atoms with Gasteiger partial charge in [0.05, 0.1) is 0 Å². The Morgan fingerprint density at radius 2 is 1.67 bits per heavy atom. The van der Waals surface area contributed by atoms with Gasteiger partial charge in [-0.2, -0.15) is 4.68 Å². The van der Waals surface area contributed by atoms with Crippen LogP contribution in [-0.2, 0) is 0 Å². The molecule has 0 N–H and O–H groups in total. The van der Waals surface area contributed by atoms with Crippen LogP contribution >= 0.6 is 0 Å². The summed E-state index contributed by atoms with van der Waals surface area (Å²) in [6.45, 7) is 1.85. The summed E-state index contributed by atoms with van der Waals surface area (Å²) in [5, 5.41) is 22.8. The van der Waals surface area contributed by atoms with E-state index in [-0.39, 0.29) is 0 Å². The topological polar surface area (TPSA) is 112 Å². The summed E-state index contributed by atoms with van der Waals surface area (Å²) in [6.07, 6.45) is 2.26. The molecule has 0 amide bonds. The van der Waals surface area contributed by atoms with E-state index in [4.69, 9.17) is 4.63 Å². The van der Waals surface area contributed by atoms with Gasteiger partial charge in [-0.1, -0.05) is 5.21 Å². The Morgan fingerprint density at radius 1 is 0.889 bits per heavy atom. The maximum absolute atomic E-state index is 4.80. The third-order valence-electron chi connectivity index (χ3n) is 2.94. The Bertz CT molecular complexity index is 678. The van der Waals surface area contributed by atoms with Crippen LogP contribution in [0.3, 0.4) is 0 Å². The molecule has 3 aromatic heterocycles. The maximum Gasteiger partial charge on any atom is 0.265 e. The van der Waals surface area contributed by atoms with Crippen molar-refractivity contribution >= 4 is 17.1 Å². The fourth-order valence-corrected chi connectivity index (χ4v) is 2.09. The van der Waals surface area contributed by atoms with Gasteiger partial charge in [-0.3, -0.25) is 0 Å². The molecule has 0 aliphatic carbocycles. The molecule has 0 bridgehead atoms. The van der Waals surface area contributed by atoms with E-state index in [1.54, 1.807) is 0 Å². The van der Waals surface area contributed by atoms with Crippen molar-refractivity contribution in [3.63, 3.8) is 0 Å². The molecule has 10 heteroatoms. The molecule has 0 atom stereocenters. The van der Waals surface area contributed by atoms with E-state index < -0.39 is 0 Å². The molecule has 4 heterocycles. The number of nitrogens with zero attached hydrogens (tertiary/aromatic N) is 8. The van der Waals surface area contributed by atoms with Crippen molar-refractivity contribution < 1.29 is 9.26 Å². The van der Waals surface area contributed by atoms with Gasteiger partial charge in [0, 0.05) is 13.1 Å². The number of hydrogen-bond donors (Lipinski definition) is 0. The van der Waals surface area contributed by atoms with E-state index in [2.05, 4.69) is 40.5 Å². The summed E-state index contributed by atoms with van der Waals surface area (Å²) in [6, 6.07) is 0. The lowest BCUT2D eigenvalue weighted by atomic mass is 10.4. The quantitative estimate of drug-likeness (QED) is 0.607. The lowest BCUT2D eigenvalue weighted by molar-refractivity contribution is 0.303. The Kier molecular flexibility index (Phi) is 1.84. The number of hydrogen-bond acceptors (Lipinski definition) is 9. The zero-order chi connectivity index (χ0) is 11.9. The van der Waals surface area contributed by atoms with Crippen LogP contribution in [-0.4, -0.2) is 48.7 Å². The number of fused-ring (bicyclic) bond motifs is 1. The van der Waals surface area contributed by atoms with E-state index in [9.17, 15) is 0 Å². The molecule has 1 fully saturated rings. The lowest BCUT2D eigenvalue weighted by Gasteiger charge is -2.12. The number of rotatable bonds is 2. The highest BCUT2D eigenvalue weighted by Crippen LogP contribution is 2.24. The van der Waals surface area contributed by atoms with Gasteiger partial charge < -0.3 is 4.90 Å². The van der Waals surface area contributed by atoms with Gasteiger partial charge in [0.2, 0.25) is 17.3 Å². The largest absolute Gasteiger partial charge is 0.351 e. The van der Waals surface area contributed by atoms with Crippen molar-refractivity contribution in [2.45, 2.75) is 12.8 Å². The van der Waals surface area contributed by atoms with E-state index in [1.165, 1.54) is 4.68 Å². The Balaban J connectivity index is 1.85. The van der Waals surface area contributed by atoms with Crippen LogP contribution in [0.15, 0.2) is 9.26 Å². The molecule has 0 aromatic carbocycles. The molecule has 0 spiro atoms. The lowest BCUT2D eigenvalue weighted by Crippen LogP contribution is -2.20. The third kappa shape index (κ3) is 1.22. The monoisotopic (exact) mass is 248 g/mol. The first kappa shape index (κ1) is 9.50. The van der Waals surface area contributed by atoms with Crippen LogP contribution in [0.5, 0.6) is 0 Å². The van der Waals surface area contributed by atoms with Gasteiger partial charge in [0.1, 0.15) is 0 Å². The zero-order valence-electron chi connectivity index (χ0n) is 9.22. The van der Waals surface area contributed by atoms with E-state index in [0.29, 0.717) is 22.9 Å². The van der Waals surface area contributed by atoms with Crippen molar-refractivity contribution in [2.24, 2.45) is 0 Å². The molecular weight excluding hydrogens is 240 g/mol. The normalized spacial score (nSPS) is 15.9. The number of anilines is 1. The van der Waals surface area contributed by atoms with Crippen LogP contribution in [0.1, 0.15) is 12.8 Å². The molecule has 0 radical (unpaired) electrons. The first-order chi connectivity index (χ1) is 8.93. The fourth-order valence-electron chi connectivity index (χ4n) is 2.09. The van der Waals surface area contributed by atoms with Crippen LogP contribution in [0, 0.1) is 0 Å². The minimum atomic E-state index is 0.324. The summed E-state index contributed by atoms with van der Waals surface area (Å²) in [4.78, 5) is 2.09. The molecule has 0 unspecified atom stereocenters. The van der Waals surface area contributed by atoms with Crippen LogP contribution < -0.4 is 4.90 Å². The average Bonchev–Trinajstić information content (AvgIpc) is 3.13. The minimum absolute atomic E-state index is 0.324. The van der Waals surface area contributed by atoms with Gasteiger partial charge in [-0.05, 0) is 33.5 Å². The second-order valence-electron chi connectivity index (χ2n) is 4.02. The first-order valence-electron chi connectivity index (χ1n) is 5.55. The van der Waals surface area contributed by atoms with Gasteiger partial charge in [-0.25, -0.2) is 9.26 Å². The number of aromatic nitrogens is 7. The van der Waals surface area contributed by atoms with E-state index in [1.807, 2.05) is 0 Å². The fraction of sp³-hybridized carbons (Fsp3) is 0.500. The minimum Gasteiger partial charge on any atom is -0.351 e. The molecule has 4 rings (SSSR count). The Hall–Kier alpha value is -2.52. The maximum atomic E-state index is 4.80. The van der Waals surface area contributed by atoms with Crippen molar-refractivity contribution in [1.29, 1.82) is 0 Å². The van der Waals surface area contributed by atoms with Crippen LogP contribution in [0.25, 0.3) is 17.1 Å². The second-order valence-corrected chi connectivity index (χ2v) is 4.02. The molecule has 18 heavy (non-hydrogen) atoms. The smallest absolute Gasteiger partial charge is 0.265 e. The standard InChI is InChI=1S/C8H8N8O2/c1-2-4-15(3-1)7-8(13-18-12-7)16-6-5(9-14-16)10-17-11-6/h1-4H2. The molecule has 1 saturated heterocycles. The van der Waals surface area contributed by atoms with Crippen molar-refractivity contribution in [3.8, 4) is 5.82 Å². The van der Waals surface area contributed by atoms with E-state index >= 15 is 0 Å². The predicted octanol–water partition coefficient (Wildman–Crippen LogP) is -0.213. The highest BCUT2D eigenvalue weighted by Gasteiger charge is 2.25. The van der Waals surface area contributed by atoms with Gasteiger partial charge in [0.25, 0.3) is 5.65 Å². The summed E-state index contributed by atoms with van der Waals surface area (Å²) >= 11 is 0. The Morgan fingerprint density at radius 3 is 2.56 bits per heavy atom. The molecule has 3 aromatic rings. The van der Waals surface area contributed by atoms with E-state index in [0.717, 1.165) is 25.9 Å². The highest BCUT2D eigenvalue weighted by atomic mass is 16.6. The summed E-state index contributed by atoms with van der Waals surface area (Å²) in [5.74, 6) is 1.09. The zero-order valence-corrected chi connectivity index (χ0v) is 9.22. The third-order valence-corrected chi connectivity index (χ3v) is 2.94. The van der Waals surface area contributed by atoms with Crippen molar-refractivity contribution in [2.75, 3.05) is 18.0 Å². The van der Waals surface area contributed by atoms with Gasteiger partial charge in [0.15, 0.2) is 0 Å². The van der Waals surface area contributed by atoms with Gasteiger partial charge in [-0.15, -0.1) is 5.10 Å². The molecule has 10 nitrogen and oxygen atoms in total. The van der Waals surface area contributed by atoms with Crippen molar-refractivity contribution in [1.82, 2.24) is 35.6 Å². The van der Waals surface area contributed by atoms with Crippen molar-refractivity contribution in [3.05, 3.63) is 0 Å². The summed E-state index contributed by atoms with van der Waals surface area (Å²) in [7, 11) is 0. The molecular formula is C8H8N8O2. The molecule has 0 saturated carbocycles. The molecule has 1 aliphatic rings. The summed E-state index contributed by atoms with van der Waals surface area (Å²) < 4.78 is 10.8. The summed E-state index contributed by atoms with van der Waals surface area (Å²) in [5.41, 5.74) is 0.719. The molecule has 1 aliphatic heterocycles. The molecule has 92 valence electrons. The van der Waals surface area contributed by atoms with Crippen LogP contribution in [0.4, 0.5) is 5.82 Å². The SMILES string of the molecule is C1CCN(c2nonc2-n2nnc3nonc32)C1. The Labute approximate surface area is 99.5 Å².